The second-order valence-corrected chi connectivity index (χ2v) is 1.18. The van der Waals surface area contributed by atoms with E-state index in [2.05, 4.69) is 0 Å². The van der Waals surface area contributed by atoms with E-state index < -0.39 is 0 Å². The van der Waals surface area contributed by atoms with E-state index in [1.165, 1.54) is 12.1 Å². The van der Waals surface area contributed by atoms with Crippen LogP contribution in [0.4, 0.5) is 0 Å². The first-order chi connectivity index (χ1) is 5.04. The summed E-state index contributed by atoms with van der Waals surface area (Å²) in [7, 11) is 0. The van der Waals surface area contributed by atoms with Crippen molar-refractivity contribution >= 4 is 25.4 Å². The summed E-state index contributed by atoms with van der Waals surface area (Å²) in [6, 6.07) is 2.47. The smallest absolute Gasteiger partial charge is 0.192 e. The van der Waals surface area contributed by atoms with Gasteiger partial charge in [-0.3, -0.25) is 16.1 Å². The molecular formula is C4H9N7S. The van der Waals surface area contributed by atoms with Crippen LogP contribution < -0.4 is 16.8 Å². The van der Waals surface area contributed by atoms with E-state index >= 15 is 0 Å². The predicted molar refractivity (Wildman–Crippen MR) is 48.6 cm³/mol. The second-order valence-electron chi connectivity index (χ2n) is 1.18. The Labute approximate surface area is 76.4 Å². The average Bonchev–Trinajstić information content (AvgIpc) is 1.85. The summed E-state index contributed by atoms with van der Waals surface area (Å²) in [6.07, 6.45) is 0. The van der Waals surface area contributed by atoms with Gasteiger partial charge in [0.1, 0.15) is 0 Å². The Balaban J connectivity index is -0.000000142. The molecule has 0 heterocycles. The van der Waals surface area contributed by atoms with Gasteiger partial charge in [-0.15, -0.1) is 0 Å². The van der Waals surface area contributed by atoms with Crippen LogP contribution in [0.5, 0.6) is 0 Å². The quantitative estimate of drug-likeness (QED) is 0.230. The number of rotatable bonds is 0. The monoisotopic (exact) mass is 187 g/mol. The van der Waals surface area contributed by atoms with E-state index in [1.54, 1.807) is 0 Å². The minimum absolute atomic E-state index is 0. The first-order valence-electron chi connectivity index (χ1n) is 2.27. The highest BCUT2D eigenvalue weighted by atomic mass is 32.1. The zero-order valence-electron chi connectivity index (χ0n) is 6.05. The molecule has 12 heavy (non-hydrogen) atoms. The van der Waals surface area contributed by atoms with Crippen LogP contribution >= 0.6 is 13.5 Å². The van der Waals surface area contributed by atoms with Gasteiger partial charge in [0.2, 0.25) is 0 Å². The zero-order valence-corrected chi connectivity index (χ0v) is 7.05. The lowest BCUT2D eigenvalue weighted by molar-refractivity contribution is 1.19. The van der Waals surface area contributed by atoms with Crippen molar-refractivity contribution in [2.45, 2.75) is 0 Å². The molecular weight excluding hydrogens is 178 g/mol. The molecule has 7 N–H and O–H groups in total. The first kappa shape index (κ1) is 16.6. The fraction of sp³-hybridized carbons (Fsp3) is 0. The number of nitrogens with two attached hydrogens (primary N) is 2. The summed E-state index contributed by atoms with van der Waals surface area (Å²) in [5, 5.41) is 29.5. The molecule has 0 aromatic heterocycles. The lowest BCUT2D eigenvalue weighted by Crippen LogP contribution is -2.39. The molecule has 0 aliphatic heterocycles. The van der Waals surface area contributed by atoms with E-state index in [1.807, 2.05) is 5.32 Å². The summed E-state index contributed by atoms with van der Waals surface area (Å²) < 4.78 is 0. The van der Waals surface area contributed by atoms with Crippen LogP contribution in [-0.2, 0) is 0 Å². The molecule has 7 nitrogen and oxygen atoms in total. The molecule has 0 radical (unpaired) electrons. The summed E-state index contributed by atoms with van der Waals surface area (Å²) in [5.41, 5.74) is 9.49. The highest BCUT2D eigenvalue weighted by molar-refractivity contribution is 7.59. The molecule has 0 bridgehead atoms. The third-order valence-electron chi connectivity index (χ3n) is 0.319. The highest BCUT2D eigenvalue weighted by Crippen LogP contribution is 1.44. The minimum atomic E-state index is -0.312. The Bertz CT molecular complexity index is 197. The van der Waals surface area contributed by atoms with Crippen LogP contribution in [-0.4, -0.2) is 11.9 Å². The van der Waals surface area contributed by atoms with Gasteiger partial charge < -0.3 is 11.5 Å². The van der Waals surface area contributed by atoms with Gasteiger partial charge in [0, 0.05) is 0 Å². The van der Waals surface area contributed by atoms with E-state index in [0.29, 0.717) is 0 Å². The molecule has 0 saturated carbocycles. The van der Waals surface area contributed by atoms with Crippen molar-refractivity contribution in [3.05, 3.63) is 0 Å². The van der Waals surface area contributed by atoms with Gasteiger partial charge in [-0.05, 0) is 0 Å². The molecule has 0 aromatic carbocycles. The minimum Gasteiger partial charge on any atom is -0.370 e. The van der Waals surface area contributed by atoms with Crippen LogP contribution in [0.3, 0.4) is 0 Å². The van der Waals surface area contributed by atoms with Gasteiger partial charge in [-0.25, -0.2) is 0 Å². The molecule has 8 heteroatoms. The Morgan fingerprint density at radius 3 is 1.33 bits per heavy atom. The molecule has 0 amide bonds. The van der Waals surface area contributed by atoms with Crippen molar-refractivity contribution in [2.24, 2.45) is 11.5 Å². The highest BCUT2D eigenvalue weighted by Gasteiger charge is 1.83. The summed E-state index contributed by atoms with van der Waals surface area (Å²) in [4.78, 5) is 0. The lowest BCUT2D eigenvalue weighted by atomic mass is 10.9. The topological polar surface area (TPSA) is 159 Å². The summed E-state index contributed by atoms with van der Waals surface area (Å²) in [6.45, 7) is 0. The van der Waals surface area contributed by atoms with Crippen molar-refractivity contribution in [1.82, 2.24) is 5.32 Å². The maximum Gasteiger partial charge on any atom is 0.192 e. The Morgan fingerprint density at radius 1 is 1.08 bits per heavy atom. The first-order valence-corrected chi connectivity index (χ1v) is 2.27. The second kappa shape index (κ2) is 11.8. The number of nitrogens with one attached hydrogen (secondary N) is 3. The number of hydrogen-bond acceptors (Lipinski definition) is 4. The van der Waals surface area contributed by atoms with E-state index in [0.717, 1.165) is 0 Å². The number of guanidine groups is 2. The van der Waals surface area contributed by atoms with Gasteiger partial charge in [-0.2, -0.15) is 24.0 Å². The fourth-order valence-electron chi connectivity index (χ4n) is 0.145. The number of nitrogens with zero attached hydrogens (tertiary/aromatic N) is 2. The third-order valence-corrected chi connectivity index (χ3v) is 0.319. The van der Waals surface area contributed by atoms with Crippen molar-refractivity contribution in [1.29, 1.82) is 21.3 Å². The normalized spacial score (nSPS) is 5.17. The molecule has 0 aliphatic rings. The van der Waals surface area contributed by atoms with Crippen molar-refractivity contribution < 1.29 is 0 Å². The maximum absolute atomic E-state index is 7.26. The van der Waals surface area contributed by atoms with Crippen molar-refractivity contribution in [2.75, 3.05) is 0 Å². The molecule has 0 rings (SSSR count). The van der Waals surface area contributed by atoms with Crippen LogP contribution in [0.2, 0.25) is 0 Å². The van der Waals surface area contributed by atoms with Gasteiger partial charge in [0.05, 0.1) is 0 Å². The van der Waals surface area contributed by atoms with E-state index in [9.17, 15) is 0 Å². The standard InChI is InChI=1S/C2H7N5.C2N2.H2S/c3-1(4)7-2(5)6;3-1-2-4;/h(H7,3,4,5,6,7);;1H2. The number of hydrogen-bond donors (Lipinski definition) is 5. The van der Waals surface area contributed by atoms with Gasteiger partial charge >= 0.3 is 0 Å². The van der Waals surface area contributed by atoms with Crippen LogP contribution in [0.15, 0.2) is 0 Å². The predicted octanol–water partition coefficient (Wildman–Crippen LogP) is -1.49. The molecule has 0 aliphatic carbocycles. The molecule has 0 saturated heterocycles. The van der Waals surface area contributed by atoms with Crippen molar-refractivity contribution in [3.63, 3.8) is 0 Å². The zero-order chi connectivity index (χ0) is 9.28. The van der Waals surface area contributed by atoms with Crippen LogP contribution in [0, 0.1) is 33.5 Å². The van der Waals surface area contributed by atoms with E-state index in [-0.39, 0.29) is 25.4 Å². The third kappa shape index (κ3) is 42.8. The summed E-state index contributed by atoms with van der Waals surface area (Å²) in [5.74, 6) is -0.625. The average molecular weight is 187 g/mol. The SMILES string of the molecule is N#CC#N.N=C(N)NC(=N)N.S. The number of nitriles is 2. The van der Waals surface area contributed by atoms with Gasteiger partial charge in [-0.1, -0.05) is 0 Å². The fourth-order valence-corrected chi connectivity index (χ4v) is 0.145. The molecule has 66 valence electrons. The molecule has 0 atom stereocenters. The molecule has 0 aromatic rings. The van der Waals surface area contributed by atoms with Crippen LogP contribution in [0.25, 0.3) is 0 Å². The summed E-state index contributed by atoms with van der Waals surface area (Å²) >= 11 is 0. The largest absolute Gasteiger partial charge is 0.370 e. The maximum atomic E-state index is 7.26. The Morgan fingerprint density at radius 2 is 1.33 bits per heavy atom. The van der Waals surface area contributed by atoms with Gasteiger partial charge in [0.15, 0.2) is 24.1 Å². The van der Waals surface area contributed by atoms with Crippen molar-refractivity contribution in [3.8, 4) is 12.1 Å². The Hall–Kier alpha value is -1.93. The van der Waals surface area contributed by atoms with Crippen LogP contribution in [0.1, 0.15) is 0 Å². The molecule has 0 spiro atoms. The lowest BCUT2D eigenvalue weighted by Gasteiger charge is -1.95. The van der Waals surface area contributed by atoms with Gasteiger partial charge in [0.25, 0.3) is 0 Å². The molecule has 0 fully saturated rings. The molecule has 0 unspecified atom stereocenters. The van der Waals surface area contributed by atoms with E-state index in [4.69, 9.17) is 32.8 Å². The Kier molecular flexibility index (Phi) is 16.3.